The lowest BCUT2D eigenvalue weighted by atomic mass is 10.1. The van der Waals surface area contributed by atoms with Crippen LogP contribution in [0.4, 0.5) is 0 Å². The first-order valence-electron chi connectivity index (χ1n) is 12.0. The molecule has 0 saturated carbocycles. The monoisotopic (exact) mass is 479 g/mol. The second-order valence-corrected chi connectivity index (χ2v) is 8.54. The first-order valence-corrected chi connectivity index (χ1v) is 12.0. The van der Waals surface area contributed by atoms with Gasteiger partial charge in [-0.05, 0) is 25.5 Å². The molecule has 0 aliphatic rings. The minimum atomic E-state index is -0.626. The summed E-state index contributed by atoms with van der Waals surface area (Å²) < 4.78 is 19.2. The van der Waals surface area contributed by atoms with Gasteiger partial charge in [-0.15, -0.1) is 6.58 Å². The summed E-state index contributed by atoms with van der Waals surface area (Å²) >= 11 is 0. The van der Waals surface area contributed by atoms with Gasteiger partial charge in [-0.25, -0.2) is 4.68 Å². The molecule has 0 aliphatic heterocycles. The van der Waals surface area contributed by atoms with E-state index in [0.29, 0.717) is 37.1 Å². The van der Waals surface area contributed by atoms with Crippen molar-refractivity contribution >= 4 is 0 Å². The minimum Gasteiger partial charge on any atom is -0.493 e. The minimum absolute atomic E-state index is 0.229. The fraction of sp³-hybridized carbons (Fsp3) is 0.393. The fourth-order valence-electron chi connectivity index (χ4n) is 3.93. The molecule has 1 heterocycles. The quantitative estimate of drug-likeness (QED) is 0.258. The van der Waals surface area contributed by atoms with Crippen molar-refractivity contribution in [3.63, 3.8) is 0 Å². The molecule has 3 rings (SSSR count). The van der Waals surface area contributed by atoms with E-state index in [2.05, 4.69) is 25.3 Å². The molecule has 0 spiro atoms. The molecule has 0 bridgehead atoms. The zero-order valence-electron chi connectivity index (χ0n) is 21.2. The Bertz CT molecular complexity index is 1070. The Morgan fingerprint density at radius 2 is 1.80 bits per heavy atom. The van der Waals surface area contributed by atoms with Gasteiger partial charge in [-0.1, -0.05) is 55.5 Å². The van der Waals surface area contributed by atoms with Crippen molar-refractivity contribution in [3.05, 3.63) is 72.8 Å². The normalized spacial score (nSPS) is 13.0. The molecule has 0 saturated heterocycles. The molecule has 0 amide bonds. The SMILES string of the molecule is C=CCOC[C@@H](O)CN(Cc1c(-c2ccccc2)nn(C)c1Oc1ccccc1OC)[C@H](C)CC. The van der Waals surface area contributed by atoms with Crippen LogP contribution in [0.3, 0.4) is 0 Å². The van der Waals surface area contributed by atoms with E-state index in [1.165, 1.54) is 0 Å². The van der Waals surface area contributed by atoms with E-state index >= 15 is 0 Å². The summed E-state index contributed by atoms with van der Waals surface area (Å²) in [5.74, 6) is 1.90. The first kappa shape index (κ1) is 26.5. The third-order valence-electron chi connectivity index (χ3n) is 5.98. The summed E-state index contributed by atoms with van der Waals surface area (Å²) in [7, 11) is 3.51. The number of methoxy groups -OCH3 is 1. The number of para-hydroxylation sites is 2. The van der Waals surface area contributed by atoms with E-state index in [4.69, 9.17) is 19.3 Å². The van der Waals surface area contributed by atoms with Crippen LogP contribution in [0.1, 0.15) is 25.8 Å². The Kier molecular flexibility index (Phi) is 9.90. The van der Waals surface area contributed by atoms with E-state index < -0.39 is 6.10 Å². The molecule has 0 fully saturated rings. The lowest BCUT2D eigenvalue weighted by molar-refractivity contribution is 0.0156. The molecule has 0 aliphatic carbocycles. The molecular formula is C28H37N3O4. The second kappa shape index (κ2) is 13.1. The standard InChI is InChI=1S/C28H37N3O4/c1-6-17-34-20-23(32)18-31(21(3)7-2)19-24-27(22-13-9-8-10-14-22)29-30(4)28(24)35-26-16-12-11-15-25(26)33-5/h6,8-16,21,23,32H,1,7,17-20H2,2-5H3/t21-,23+/m1/s1. The molecule has 35 heavy (non-hydrogen) atoms. The predicted molar refractivity (Wildman–Crippen MR) is 139 cm³/mol. The van der Waals surface area contributed by atoms with Crippen molar-refractivity contribution in [1.82, 2.24) is 14.7 Å². The van der Waals surface area contributed by atoms with Crippen LogP contribution in [0.25, 0.3) is 11.3 Å². The van der Waals surface area contributed by atoms with Gasteiger partial charge in [-0.3, -0.25) is 4.90 Å². The van der Waals surface area contributed by atoms with Crippen LogP contribution in [0.15, 0.2) is 67.3 Å². The van der Waals surface area contributed by atoms with Gasteiger partial charge in [0.15, 0.2) is 11.5 Å². The van der Waals surface area contributed by atoms with Gasteiger partial charge in [0.25, 0.3) is 0 Å². The number of aromatic nitrogens is 2. The summed E-state index contributed by atoms with van der Waals surface area (Å²) in [6, 6.07) is 17.9. The third-order valence-corrected chi connectivity index (χ3v) is 5.98. The van der Waals surface area contributed by atoms with Crippen molar-refractivity contribution in [2.75, 3.05) is 26.9 Å². The highest BCUT2D eigenvalue weighted by molar-refractivity contribution is 5.66. The topological polar surface area (TPSA) is 69.0 Å². The van der Waals surface area contributed by atoms with E-state index in [1.54, 1.807) is 17.9 Å². The van der Waals surface area contributed by atoms with Gasteiger partial charge in [0.1, 0.15) is 5.69 Å². The molecule has 2 aromatic carbocycles. The van der Waals surface area contributed by atoms with Gasteiger partial charge in [0.05, 0.1) is 32.0 Å². The van der Waals surface area contributed by atoms with Crippen LogP contribution in [-0.2, 0) is 18.3 Å². The number of rotatable bonds is 14. The zero-order valence-corrected chi connectivity index (χ0v) is 21.2. The maximum Gasteiger partial charge on any atom is 0.222 e. The van der Waals surface area contributed by atoms with Crippen LogP contribution in [-0.4, -0.2) is 58.8 Å². The van der Waals surface area contributed by atoms with Gasteiger partial charge in [0, 0.05) is 31.7 Å². The van der Waals surface area contributed by atoms with Crippen molar-refractivity contribution in [1.29, 1.82) is 0 Å². The Labute approximate surface area is 208 Å². The summed E-state index contributed by atoms with van der Waals surface area (Å²) in [5, 5.41) is 15.5. The molecule has 188 valence electrons. The number of aliphatic hydroxyl groups is 1. The van der Waals surface area contributed by atoms with Crippen LogP contribution in [0.5, 0.6) is 17.4 Å². The van der Waals surface area contributed by atoms with Crippen LogP contribution in [0, 0.1) is 0 Å². The molecule has 2 atom stereocenters. The Morgan fingerprint density at radius 3 is 2.46 bits per heavy atom. The molecule has 3 aromatic rings. The smallest absolute Gasteiger partial charge is 0.222 e. The van der Waals surface area contributed by atoms with Crippen molar-refractivity contribution in [2.24, 2.45) is 7.05 Å². The number of ether oxygens (including phenoxy) is 3. The van der Waals surface area contributed by atoms with Crippen molar-refractivity contribution in [3.8, 4) is 28.6 Å². The summed E-state index contributed by atoms with van der Waals surface area (Å²) in [6.45, 7) is 9.65. The molecular weight excluding hydrogens is 442 g/mol. The largest absolute Gasteiger partial charge is 0.493 e. The Morgan fingerprint density at radius 1 is 1.11 bits per heavy atom. The number of benzene rings is 2. The van der Waals surface area contributed by atoms with E-state index in [1.807, 2.05) is 61.6 Å². The molecule has 7 nitrogen and oxygen atoms in total. The Hall–Kier alpha value is -3.13. The average molecular weight is 480 g/mol. The third kappa shape index (κ3) is 6.94. The highest BCUT2D eigenvalue weighted by Crippen LogP contribution is 2.37. The van der Waals surface area contributed by atoms with Gasteiger partial charge >= 0.3 is 0 Å². The molecule has 1 aromatic heterocycles. The van der Waals surface area contributed by atoms with Crippen LogP contribution >= 0.6 is 0 Å². The average Bonchev–Trinajstić information content (AvgIpc) is 3.18. The van der Waals surface area contributed by atoms with E-state index in [-0.39, 0.29) is 12.6 Å². The number of aryl methyl sites for hydroxylation is 1. The van der Waals surface area contributed by atoms with E-state index in [9.17, 15) is 5.11 Å². The molecule has 0 unspecified atom stereocenters. The van der Waals surface area contributed by atoms with Gasteiger partial charge in [0.2, 0.25) is 5.88 Å². The van der Waals surface area contributed by atoms with Gasteiger partial charge in [-0.2, -0.15) is 5.10 Å². The second-order valence-electron chi connectivity index (χ2n) is 8.54. The number of aliphatic hydroxyl groups excluding tert-OH is 1. The predicted octanol–water partition coefficient (Wildman–Crippen LogP) is 5.05. The highest BCUT2D eigenvalue weighted by Gasteiger charge is 2.26. The van der Waals surface area contributed by atoms with Gasteiger partial charge < -0.3 is 19.3 Å². The van der Waals surface area contributed by atoms with Crippen molar-refractivity contribution < 1.29 is 19.3 Å². The first-order chi connectivity index (χ1) is 17.0. The summed E-state index contributed by atoms with van der Waals surface area (Å²) in [6.07, 6.45) is 1.99. The van der Waals surface area contributed by atoms with Crippen LogP contribution in [0.2, 0.25) is 0 Å². The number of nitrogens with zero attached hydrogens (tertiary/aromatic N) is 3. The number of hydrogen-bond acceptors (Lipinski definition) is 6. The maximum absolute atomic E-state index is 10.7. The Balaban J connectivity index is 2.00. The highest BCUT2D eigenvalue weighted by atomic mass is 16.5. The van der Waals surface area contributed by atoms with Crippen LogP contribution < -0.4 is 9.47 Å². The molecule has 7 heteroatoms. The lowest BCUT2D eigenvalue weighted by Gasteiger charge is -2.30. The van der Waals surface area contributed by atoms with E-state index in [0.717, 1.165) is 23.2 Å². The van der Waals surface area contributed by atoms with Crippen molar-refractivity contribution in [2.45, 2.75) is 39.0 Å². The number of hydrogen-bond donors (Lipinski definition) is 1. The lowest BCUT2D eigenvalue weighted by Crippen LogP contribution is -2.40. The zero-order chi connectivity index (χ0) is 25.2. The fourth-order valence-corrected chi connectivity index (χ4v) is 3.93. The summed E-state index contributed by atoms with van der Waals surface area (Å²) in [4.78, 5) is 2.25. The maximum atomic E-state index is 10.7. The molecule has 0 radical (unpaired) electrons. The summed E-state index contributed by atoms with van der Waals surface area (Å²) in [5.41, 5.74) is 2.81. The molecule has 1 N–H and O–H groups in total.